The van der Waals surface area contributed by atoms with Gasteiger partial charge in [0.15, 0.2) is 0 Å². The molecule has 1 aliphatic rings. The number of hydrogen-bond donors (Lipinski definition) is 3. The number of rotatable bonds is 6. The predicted molar refractivity (Wildman–Crippen MR) is 119 cm³/mol. The zero-order valence-corrected chi connectivity index (χ0v) is 17.5. The summed E-state index contributed by atoms with van der Waals surface area (Å²) < 4.78 is 5.67. The van der Waals surface area contributed by atoms with E-state index in [0.29, 0.717) is 17.0 Å². The van der Waals surface area contributed by atoms with E-state index in [1.807, 2.05) is 19.1 Å². The van der Waals surface area contributed by atoms with Gasteiger partial charge in [0.2, 0.25) is 5.91 Å². The third-order valence-corrected chi connectivity index (χ3v) is 4.94. The van der Waals surface area contributed by atoms with Crippen molar-refractivity contribution in [1.82, 2.24) is 10.2 Å². The van der Waals surface area contributed by atoms with Crippen LogP contribution in [0, 0.1) is 6.92 Å². The number of carbonyl (C=O) groups excluding carboxylic acids is 3. The van der Waals surface area contributed by atoms with Gasteiger partial charge in [-0.05, 0) is 37.3 Å². The van der Waals surface area contributed by atoms with Gasteiger partial charge in [0, 0.05) is 17.3 Å². The highest BCUT2D eigenvalue weighted by Crippen LogP contribution is 2.27. The molecule has 2 aromatic carbocycles. The van der Waals surface area contributed by atoms with Crippen LogP contribution in [0.4, 0.5) is 10.5 Å². The summed E-state index contributed by atoms with van der Waals surface area (Å²) in [5.41, 5.74) is 1.98. The molecule has 1 fully saturated rings. The quantitative estimate of drug-likeness (QED) is 0.394. The zero-order valence-electron chi connectivity index (χ0n) is 17.5. The summed E-state index contributed by atoms with van der Waals surface area (Å²) in [6, 6.07) is 15.9. The molecule has 1 saturated heterocycles. The molecule has 0 unspecified atom stereocenters. The van der Waals surface area contributed by atoms with E-state index in [1.54, 1.807) is 42.5 Å². The molecule has 0 radical (unpaired) electrons. The average Bonchev–Trinajstić information content (AvgIpc) is 3.35. The van der Waals surface area contributed by atoms with Crippen molar-refractivity contribution in [3.05, 3.63) is 83.2 Å². The van der Waals surface area contributed by atoms with Crippen LogP contribution in [0.15, 0.2) is 70.8 Å². The van der Waals surface area contributed by atoms with Crippen LogP contribution in [0.25, 0.3) is 17.4 Å². The number of nitrogens with one attached hydrogen (secondary N) is 2. The predicted octanol–water partition coefficient (Wildman–Crippen LogP) is 3.48. The second-order valence-corrected chi connectivity index (χ2v) is 7.35. The third kappa shape index (κ3) is 4.67. The van der Waals surface area contributed by atoms with Crippen molar-refractivity contribution in [2.24, 2.45) is 0 Å². The van der Waals surface area contributed by atoms with Crippen LogP contribution in [0.3, 0.4) is 0 Å². The second kappa shape index (κ2) is 8.83. The van der Waals surface area contributed by atoms with Crippen LogP contribution in [0.1, 0.15) is 21.7 Å². The average molecular weight is 445 g/mol. The first kappa shape index (κ1) is 21.6. The number of amides is 4. The van der Waals surface area contributed by atoms with Gasteiger partial charge in [-0.1, -0.05) is 35.9 Å². The lowest BCUT2D eigenvalue weighted by atomic mass is 10.1. The molecule has 4 rings (SSSR count). The lowest BCUT2D eigenvalue weighted by Gasteiger charge is -2.12. The van der Waals surface area contributed by atoms with Gasteiger partial charge >= 0.3 is 12.0 Å². The van der Waals surface area contributed by atoms with Gasteiger partial charge in [0.1, 0.15) is 23.8 Å². The molecule has 0 atom stereocenters. The Morgan fingerprint density at radius 3 is 2.52 bits per heavy atom. The summed E-state index contributed by atoms with van der Waals surface area (Å²) >= 11 is 0. The van der Waals surface area contributed by atoms with Gasteiger partial charge in [-0.2, -0.15) is 0 Å². The Morgan fingerprint density at radius 2 is 1.79 bits per heavy atom. The number of anilines is 1. The van der Waals surface area contributed by atoms with Crippen molar-refractivity contribution >= 4 is 35.6 Å². The van der Waals surface area contributed by atoms with E-state index in [9.17, 15) is 24.3 Å². The fourth-order valence-electron chi connectivity index (χ4n) is 3.30. The molecular weight excluding hydrogens is 426 g/mol. The first-order chi connectivity index (χ1) is 15.8. The number of aryl methyl sites for hydroxylation is 1. The molecule has 3 N–H and O–H groups in total. The number of furan rings is 1. The van der Waals surface area contributed by atoms with Crippen LogP contribution in [-0.4, -0.2) is 40.4 Å². The number of carbonyl (C=O) groups is 4. The summed E-state index contributed by atoms with van der Waals surface area (Å²) in [5.74, 6) is -1.76. The number of nitrogens with zero attached hydrogens (tertiary/aromatic N) is 1. The first-order valence-electron chi connectivity index (χ1n) is 9.95. The molecule has 3 aromatic rings. The topological polar surface area (TPSA) is 129 Å². The van der Waals surface area contributed by atoms with Crippen molar-refractivity contribution in [2.45, 2.75) is 6.92 Å². The smallest absolute Gasteiger partial charge is 0.336 e. The normalized spacial score (nSPS) is 14.5. The SMILES string of the molecule is Cc1ccc(NC(=O)CN2C(=O)N/C(=C/c3ccc(-c4ccccc4C(=O)O)o3)C2=O)cc1. The Kier molecular flexibility index (Phi) is 5.77. The van der Waals surface area contributed by atoms with Gasteiger partial charge < -0.3 is 20.2 Å². The molecule has 2 heterocycles. The largest absolute Gasteiger partial charge is 0.478 e. The number of benzene rings is 2. The highest BCUT2D eigenvalue weighted by molar-refractivity contribution is 6.15. The van der Waals surface area contributed by atoms with E-state index in [-0.39, 0.29) is 17.0 Å². The maximum Gasteiger partial charge on any atom is 0.336 e. The number of imide groups is 1. The van der Waals surface area contributed by atoms with Crippen molar-refractivity contribution in [3.8, 4) is 11.3 Å². The lowest BCUT2D eigenvalue weighted by molar-refractivity contribution is -0.127. The number of carboxylic acids is 1. The molecule has 4 amide bonds. The van der Waals surface area contributed by atoms with Crippen LogP contribution in [0.5, 0.6) is 0 Å². The third-order valence-electron chi connectivity index (χ3n) is 4.94. The van der Waals surface area contributed by atoms with E-state index < -0.39 is 30.4 Å². The summed E-state index contributed by atoms with van der Waals surface area (Å²) in [5, 5.41) is 14.4. The molecular formula is C24H19N3O6. The fraction of sp³-hybridized carbons (Fsp3) is 0.0833. The van der Waals surface area contributed by atoms with Gasteiger partial charge in [-0.25, -0.2) is 14.5 Å². The van der Waals surface area contributed by atoms with Crippen LogP contribution in [-0.2, 0) is 9.59 Å². The van der Waals surface area contributed by atoms with Crippen LogP contribution in [0.2, 0.25) is 0 Å². The Labute approximate surface area is 188 Å². The maximum atomic E-state index is 12.6. The Balaban J connectivity index is 1.48. The minimum Gasteiger partial charge on any atom is -0.478 e. The van der Waals surface area contributed by atoms with Gasteiger partial charge in [-0.3, -0.25) is 9.59 Å². The zero-order chi connectivity index (χ0) is 23.5. The Bertz CT molecular complexity index is 1290. The van der Waals surface area contributed by atoms with E-state index in [0.717, 1.165) is 10.5 Å². The number of aromatic carboxylic acids is 1. The monoisotopic (exact) mass is 445 g/mol. The maximum absolute atomic E-state index is 12.6. The molecule has 0 spiro atoms. The van der Waals surface area contributed by atoms with Crippen LogP contribution >= 0.6 is 0 Å². The summed E-state index contributed by atoms with van der Waals surface area (Å²) in [6.45, 7) is 1.46. The van der Waals surface area contributed by atoms with Gasteiger partial charge in [0.25, 0.3) is 5.91 Å². The van der Waals surface area contributed by atoms with Crippen molar-refractivity contribution in [3.63, 3.8) is 0 Å². The summed E-state index contributed by atoms with van der Waals surface area (Å²) in [6.07, 6.45) is 1.32. The minimum atomic E-state index is -1.10. The van der Waals surface area contributed by atoms with Gasteiger partial charge in [0.05, 0.1) is 5.56 Å². The molecule has 1 aliphatic heterocycles. The number of urea groups is 1. The minimum absolute atomic E-state index is 0.0597. The highest BCUT2D eigenvalue weighted by Gasteiger charge is 2.35. The molecule has 1 aromatic heterocycles. The van der Waals surface area contributed by atoms with Crippen molar-refractivity contribution in [2.75, 3.05) is 11.9 Å². The molecule has 33 heavy (non-hydrogen) atoms. The van der Waals surface area contributed by atoms with E-state index >= 15 is 0 Å². The van der Waals surface area contributed by atoms with E-state index in [2.05, 4.69) is 10.6 Å². The molecule has 0 aliphatic carbocycles. The number of carboxylic acid groups (broad SMARTS) is 1. The molecule has 9 heteroatoms. The van der Waals surface area contributed by atoms with Crippen LogP contribution < -0.4 is 10.6 Å². The summed E-state index contributed by atoms with van der Waals surface area (Å²) in [4.78, 5) is 49.4. The Morgan fingerprint density at radius 1 is 1.06 bits per heavy atom. The van der Waals surface area contributed by atoms with E-state index in [4.69, 9.17) is 4.42 Å². The standard InChI is InChI=1S/C24H19N3O6/c1-14-6-8-15(9-7-14)25-21(28)13-27-22(29)19(26-24(27)32)12-16-10-11-20(33-16)17-4-2-3-5-18(17)23(30)31/h2-12H,13H2,1H3,(H,25,28)(H,26,32)(H,30,31)/b19-12+. The molecule has 0 saturated carbocycles. The number of hydrogen-bond acceptors (Lipinski definition) is 5. The van der Waals surface area contributed by atoms with Crippen molar-refractivity contribution in [1.29, 1.82) is 0 Å². The molecule has 166 valence electrons. The summed E-state index contributed by atoms with van der Waals surface area (Å²) in [7, 11) is 0. The van der Waals surface area contributed by atoms with Crippen molar-refractivity contribution < 1.29 is 28.7 Å². The molecule has 9 nitrogen and oxygen atoms in total. The fourth-order valence-corrected chi connectivity index (χ4v) is 3.30. The highest BCUT2D eigenvalue weighted by atomic mass is 16.4. The molecule has 0 bridgehead atoms. The second-order valence-electron chi connectivity index (χ2n) is 7.35. The first-order valence-corrected chi connectivity index (χ1v) is 9.95. The van der Waals surface area contributed by atoms with E-state index in [1.165, 1.54) is 12.1 Å². The Hall–Kier alpha value is -4.66. The lowest BCUT2D eigenvalue weighted by Crippen LogP contribution is -2.38. The van der Waals surface area contributed by atoms with Gasteiger partial charge in [-0.15, -0.1) is 0 Å².